The number of nitrogens with zero attached hydrogens (tertiary/aromatic N) is 4. The predicted molar refractivity (Wildman–Crippen MR) is 124 cm³/mol. The number of amides is 2. The van der Waals surface area contributed by atoms with Crippen LogP contribution in [0.25, 0.3) is 0 Å². The fourth-order valence-electron chi connectivity index (χ4n) is 5.16. The molecule has 2 N–H and O–H groups in total. The Balaban J connectivity index is 1.43. The number of guanidine groups is 1. The summed E-state index contributed by atoms with van der Waals surface area (Å²) in [6.45, 7) is 7.15. The lowest BCUT2D eigenvalue weighted by Gasteiger charge is -2.25. The van der Waals surface area contributed by atoms with Gasteiger partial charge >= 0.3 is 0 Å². The zero-order chi connectivity index (χ0) is 22.2. The first-order valence-electron chi connectivity index (χ1n) is 12.3. The van der Waals surface area contributed by atoms with Gasteiger partial charge in [-0.1, -0.05) is 12.8 Å². The third-order valence-corrected chi connectivity index (χ3v) is 6.85. The number of likely N-dealkylation sites (tertiary alicyclic amines) is 2. The molecule has 8 nitrogen and oxygen atoms in total. The first-order chi connectivity index (χ1) is 15.0. The van der Waals surface area contributed by atoms with Gasteiger partial charge in [-0.25, -0.2) is 0 Å². The Morgan fingerprint density at radius 3 is 2.55 bits per heavy atom. The van der Waals surface area contributed by atoms with Crippen molar-refractivity contribution in [3.8, 4) is 0 Å². The molecule has 1 aliphatic carbocycles. The van der Waals surface area contributed by atoms with E-state index < -0.39 is 0 Å². The normalized spacial score (nSPS) is 25.3. The molecule has 3 fully saturated rings. The Hall–Kier alpha value is -1.83. The first kappa shape index (κ1) is 23.8. The summed E-state index contributed by atoms with van der Waals surface area (Å²) in [5.41, 5.74) is 0. The van der Waals surface area contributed by atoms with Gasteiger partial charge in [-0.2, -0.15) is 0 Å². The standard InChI is InChI=1S/C23H42N6O2/c1-4-24-23(25-13-8-15-28-14-7-11-20(28)22(31)27(2)3)26-19-12-16-29(17-19)21(30)18-9-5-6-10-18/h18-20H,4-17H2,1-3H3,(H2,24,25,26). The summed E-state index contributed by atoms with van der Waals surface area (Å²) in [5, 5.41) is 6.87. The van der Waals surface area contributed by atoms with Gasteiger partial charge in [0.05, 0.1) is 6.04 Å². The van der Waals surface area contributed by atoms with Crippen molar-refractivity contribution in [3.63, 3.8) is 0 Å². The Kier molecular flexibility index (Phi) is 8.99. The van der Waals surface area contributed by atoms with Gasteiger partial charge in [-0.05, 0) is 52.0 Å². The van der Waals surface area contributed by atoms with Gasteiger partial charge in [0.1, 0.15) is 0 Å². The second kappa shape index (κ2) is 11.7. The minimum absolute atomic E-state index is 0.0345. The molecule has 0 radical (unpaired) electrons. The van der Waals surface area contributed by atoms with Crippen molar-refractivity contribution in [2.24, 2.45) is 10.9 Å². The van der Waals surface area contributed by atoms with Crippen LogP contribution in [-0.2, 0) is 9.59 Å². The minimum atomic E-state index is 0.0345. The Bertz CT molecular complexity index is 632. The molecule has 176 valence electrons. The third-order valence-electron chi connectivity index (χ3n) is 6.85. The van der Waals surface area contributed by atoms with Crippen LogP contribution in [0.4, 0.5) is 0 Å². The van der Waals surface area contributed by atoms with Crippen molar-refractivity contribution in [1.29, 1.82) is 0 Å². The predicted octanol–water partition coefficient (Wildman–Crippen LogP) is 1.28. The van der Waals surface area contributed by atoms with Crippen molar-refractivity contribution in [3.05, 3.63) is 0 Å². The lowest BCUT2D eigenvalue weighted by molar-refractivity contribution is -0.134. The molecule has 8 heteroatoms. The number of likely N-dealkylation sites (N-methyl/N-ethyl adjacent to an activating group) is 1. The number of hydrogen-bond donors (Lipinski definition) is 2. The van der Waals surface area contributed by atoms with E-state index in [1.807, 2.05) is 19.0 Å². The number of nitrogens with one attached hydrogen (secondary N) is 2. The molecule has 2 saturated heterocycles. The molecular weight excluding hydrogens is 392 g/mol. The molecular formula is C23H42N6O2. The molecule has 3 aliphatic rings. The molecule has 31 heavy (non-hydrogen) atoms. The molecule has 2 heterocycles. The number of hydrogen-bond acceptors (Lipinski definition) is 4. The second-order valence-electron chi connectivity index (χ2n) is 9.44. The average molecular weight is 435 g/mol. The molecule has 0 aromatic carbocycles. The van der Waals surface area contributed by atoms with Crippen LogP contribution in [0, 0.1) is 5.92 Å². The highest BCUT2D eigenvalue weighted by molar-refractivity contribution is 5.82. The van der Waals surface area contributed by atoms with Crippen molar-refractivity contribution in [1.82, 2.24) is 25.3 Å². The monoisotopic (exact) mass is 434 g/mol. The molecule has 0 bridgehead atoms. The van der Waals surface area contributed by atoms with E-state index >= 15 is 0 Å². The third kappa shape index (κ3) is 6.57. The fourth-order valence-corrected chi connectivity index (χ4v) is 5.16. The van der Waals surface area contributed by atoms with E-state index in [0.29, 0.717) is 5.91 Å². The van der Waals surface area contributed by atoms with Crippen LogP contribution in [-0.4, -0.2) is 97.9 Å². The summed E-state index contributed by atoms with van der Waals surface area (Å²) < 4.78 is 0. The van der Waals surface area contributed by atoms with Gasteiger partial charge in [0.15, 0.2) is 5.96 Å². The molecule has 2 atom stereocenters. The molecule has 2 amide bonds. The van der Waals surface area contributed by atoms with Gasteiger partial charge in [0.2, 0.25) is 11.8 Å². The van der Waals surface area contributed by atoms with Gasteiger partial charge in [-0.3, -0.25) is 19.5 Å². The topological polar surface area (TPSA) is 80.3 Å². The van der Waals surface area contributed by atoms with Gasteiger partial charge < -0.3 is 20.4 Å². The first-order valence-corrected chi connectivity index (χ1v) is 12.3. The highest BCUT2D eigenvalue weighted by Crippen LogP contribution is 2.27. The number of carbonyl (C=O) groups is 2. The van der Waals surface area contributed by atoms with Crippen LogP contribution in [0.5, 0.6) is 0 Å². The van der Waals surface area contributed by atoms with E-state index in [1.165, 1.54) is 12.8 Å². The summed E-state index contributed by atoms with van der Waals surface area (Å²) >= 11 is 0. The maximum absolute atomic E-state index is 12.7. The Morgan fingerprint density at radius 2 is 1.84 bits per heavy atom. The fraction of sp³-hybridized carbons (Fsp3) is 0.870. The smallest absolute Gasteiger partial charge is 0.239 e. The molecule has 0 spiro atoms. The van der Waals surface area contributed by atoms with Crippen molar-refractivity contribution in [2.75, 3.05) is 53.4 Å². The maximum Gasteiger partial charge on any atom is 0.239 e. The van der Waals surface area contributed by atoms with Gasteiger partial charge in [0.25, 0.3) is 0 Å². The highest BCUT2D eigenvalue weighted by atomic mass is 16.2. The van der Waals surface area contributed by atoms with Crippen LogP contribution in [0.15, 0.2) is 4.99 Å². The van der Waals surface area contributed by atoms with Gasteiger partial charge in [0, 0.05) is 58.8 Å². The molecule has 2 aliphatic heterocycles. The summed E-state index contributed by atoms with van der Waals surface area (Å²) in [7, 11) is 3.67. The molecule has 1 saturated carbocycles. The van der Waals surface area contributed by atoms with E-state index in [4.69, 9.17) is 4.99 Å². The maximum atomic E-state index is 12.7. The van der Waals surface area contributed by atoms with Crippen molar-refractivity contribution >= 4 is 17.8 Å². The minimum Gasteiger partial charge on any atom is -0.357 e. The van der Waals surface area contributed by atoms with Crippen LogP contribution >= 0.6 is 0 Å². The molecule has 3 rings (SSSR count). The lowest BCUT2D eigenvalue weighted by Crippen LogP contribution is -2.45. The van der Waals surface area contributed by atoms with Crippen molar-refractivity contribution in [2.45, 2.75) is 70.4 Å². The zero-order valence-corrected chi connectivity index (χ0v) is 19.7. The summed E-state index contributed by atoms with van der Waals surface area (Å²) in [6.07, 6.45) is 8.49. The highest BCUT2D eigenvalue weighted by Gasteiger charge is 2.33. The molecule has 2 unspecified atom stereocenters. The average Bonchev–Trinajstić information content (AvgIpc) is 3.52. The van der Waals surface area contributed by atoms with Crippen molar-refractivity contribution < 1.29 is 9.59 Å². The number of rotatable bonds is 8. The number of aliphatic imine (C=N–C) groups is 1. The summed E-state index contributed by atoms with van der Waals surface area (Å²) in [5.74, 6) is 1.67. The van der Waals surface area contributed by atoms with Crippen LogP contribution in [0.3, 0.4) is 0 Å². The van der Waals surface area contributed by atoms with E-state index in [2.05, 4.69) is 22.5 Å². The Morgan fingerprint density at radius 1 is 1.06 bits per heavy atom. The number of carbonyl (C=O) groups excluding carboxylic acids is 2. The summed E-state index contributed by atoms with van der Waals surface area (Å²) in [6, 6.07) is 0.302. The van der Waals surface area contributed by atoms with Crippen LogP contribution in [0.2, 0.25) is 0 Å². The summed E-state index contributed by atoms with van der Waals surface area (Å²) in [4.78, 5) is 35.8. The molecule has 0 aromatic heterocycles. The second-order valence-corrected chi connectivity index (χ2v) is 9.44. The van der Waals surface area contributed by atoms with E-state index in [9.17, 15) is 9.59 Å². The zero-order valence-electron chi connectivity index (χ0n) is 19.7. The lowest BCUT2D eigenvalue weighted by atomic mass is 10.1. The van der Waals surface area contributed by atoms with E-state index in [1.54, 1.807) is 4.90 Å². The van der Waals surface area contributed by atoms with E-state index in [0.717, 1.165) is 83.8 Å². The van der Waals surface area contributed by atoms with Crippen LogP contribution < -0.4 is 10.6 Å². The van der Waals surface area contributed by atoms with Gasteiger partial charge in [-0.15, -0.1) is 0 Å². The quantitative estimate of drug-likeness (QED) is 0.342. The SMILES string of the molecule is CCNC(=NCCCN1CCCC1C(=O)N(C)C)NC1CCN(C(=O)C2CCCC2)C1. The molecule has 0 aromatic rings. The van der Waals surface area contributed by atoms with Crippen LogP contribution in [0.1, 0.15) is 58.3 Å². The Labute approximate surface area is 187 Å². The van der Waals surface area contributed by atoms with E-state index in [-0.39, 0.29) is 23.9 Å². The largest absolute Gasteiger partial charge is 0.357 e.